The third kappa shape index (κ3) is 3.38. The van der Waals surface area contributed by atoms with Crippen LogP contribution < -0.4 is 10.5 Å². The third-order valence-corrected chi connectivity index (χ3v) is 6.09. The highest BCUT2D eigenvalue weighted by molar-refractivity contribution is 5.68. The number of nitriles is 1. The number of rotatable bonds is 4. The summed E-state index contributed by atoms with van der Waals surface area (Å²) >= 11 is 0. The lowest BCUT2D eigenvalue weighted by Crippen LogP contribution is -2.22. The highest BCUT2D eigenvalue weighted by atomic mass is 16.5. The topological polar surface area (TPSA) is 133 Å². The summed E-state index contributed by atoms with van der Waals surface area (Å²) in [6.45, 7) is 0. The first-order chi connectivity index (χ1) is 17.7. The summed E-state index contributed by atoms with van der Waals surface area (Å²) in [7, 11) is 1.77. The maximum absolute atomic E-state index is 10.0. The van der Waals surface area contributed by atoms with E-state index in [0.29, 0.717) is 22.8 Å². The average Bonchev–Trinajstić information content (AvgIpc) is 3.54. The van der Waals surface area contributed by atoms with Crippen molar-refractivity contribution in [1.82, 2.24) is 34.3 Å². The fourth-order valence-electron chi connectivity index (χ4n) is 4.47. The van der Waals surface area contributed by atoms with Crippen LogP contribution in [0.5, 0.6) is 5.88 Å². The number of imidazole rings is 1. The molecule has 5 aromatic rings. The Morgan fingerprint density at radius 3 is 2.50 bits per heavy atom. The molecule has 4 aromatic heterocycles. The van der Waals surface area contributed by atoms with E-state index in [2.05, 4.69) is 31.1 Å². The first-order valence-corrected chi connectivity index (χ1v) is 11.1. The van der Waals surface area contributed by atoms with E-state index >= 15 is 0 Å². The van der Waals surface area contributed by atoms with Crippen LogP contribution in [0.25, 0.3) is 28.5 Å². The van der Waals surface area contributed by atoms with Gasteiger partial charge in [-0.2, -0.15) is 10.4 Å². The summed E-state index contributed by atoms with van der Waals surface area (Å²) in [6, 6.07) is 14.0. The molecule has 1 aliphatic rings. The molecule has 2 N–H and O–H groups in total. The molecule has 1 atom stereocenters. The third-order valence-electron chi connectivity index (χ3n) is 6.09. The van der Waals surface area contributed by atoms with Crippen molar-refractivity contribution in [3.63, 3.8) is 0 Å². The molecule has 0 saturated carbocycles. The Balaban J connectivity index is 1.46. The molecule has 174 valence electrons. The van der Waals surface area contributed by atoms with Crippen LogP contribution in [0.1, 0.15) is 17.0 Å². The van der Waals surface area contributed by atoms with Crippen molar-refractivity contribution < 1.29 is 4.74 Å². The molecule has 0 aliphatic carbocycles. The Morgan fingerprint density at radius 2 is 1.78 bits per heavy atom. The molecule has 1 aromatic carbocycles. The van der Waals surface area contributed by atoms with Gasteiger partial charge < -0.3 is 10.5 Å². The van der Waals surface area contributed by atoms with E-state index in [0.717, 1.165) is 28.2 Å². The Kier molecular flexibility index (Phi) is 5.01. The number of nitrogens with zero attached hydrogens (tertiary/aromatic N) is 8. The van der Waals surface area contributed by atoms with Crippen LogP contribution in [0.2, 0.25) is 0 Å². The molecule has 6 rings (SSSR count). The van der Waals surface area contributed by atoms with Gasteiger partial charge in [0.1, 0.15) is 28.9 Å². The fourth-order valence-corrected chi connectivity index (χ4v) is 4.47. The number of hydrogen-bond donors (Lipinski definition) is 1. The van der Waals surface area contributed by atoms with Gasteiger partial charge >= 0.3 is 0 Å². The summed E-state index contributed by atoms with van der Waals surface area (Å²) in [4.78, 5) is 17.2. The predicted molar refractivity (Wildman–Crippen MR) is 130 cm³/mol. The largest absolute Gasteiger partial charge is 0.422 e. The van der Waals surface area contributed by atoms with Crippen molar-refractivity contribution >= 4 is 0 Å². The van der Waals surface area contributed by atoms with Crippen molar-refractivity contribution in [3.8, 4) is 40.4 Å². The van der Waals surface area contributed by atoms with Crippen molar-refractivity contribution in [2.75, 3.05) is 0 Å². The van der Waals surface area contributed by atoms with Gasteiger partial charge in [0.25, 0.3) is 0 Å². The van der Waals surface area contributed by atoms with Crippen LogP contribution in [0.15, 0.2) is 91.2 Å². The minimum absolute atomic E-state index is 0.0577. The van der Waals surface area contributed by atoms with Crippen LogP contribution in [-0.4, -0.2) is 34.3 Å². The average molecular weight is 474 g/mol. The van der Waals surface area contributed by atoms with Gasteiger partial charge in [-0.1, -0.05) is 12.1 Å². The van der Waals surface area contributed by atoms with Crippen LogP contribution in [0.4, 0.5) is 0 Å². The SMILES string of the molecule is Cn1nc(-c2cnccn2)c2c1OC(N)=C(C#N)C2c1ccc(-n2ccnc2-c2ccncc2)cc1. The number of allylic oxidation sites excluding steroid dienone is 1. The molecule has 0 saturated heterocycles. The van der Waals surface area contributed by atoms with Crippen LogP contribution in [0, 0.1) is 11.3 Å². The molecule has 10 nitrogen and oxygen atoms in total. The van der Waals surface area contributed by atoms with Gasteiger partial charge in [0.15, 0.2) is 0 Å². The molecule has 1 aliphatic heterocycles. The predicted octanol–water partition coefficient (Wildman–Crippen LogP) is 3.34. The summed E-state index contributed by atoms with van der Waals surface area (Å²) in [5, 5.41) is 14.6. The molecule has 0 radical (unpaired) electrons. The molecule has 5 heterocycles. The number of benzene rings is 1. The van der Waals surface area contributed by atoms with E-state index in [1.165, 1.54) is 0 Å². The highest BCUT2D eigenvalue weighted by Crippen LogP contribution is 2.46. The van der Waals surface area contributed by atoms with Gasteiger partial charge in [-0.05, 0) is 29.8 Å². The van der Waals surface area contributed by atoms with Gasteiger partial charge in [0.2, 0.25) is 11.8 Å². The zero-order valence-corrected chi connectivity index (χ0v) is 19.1. The van der Waals surface area contributed by atoms with E-state index in [1.807, 2.05) is 47.2 Å². The molecule has 10 heteroatoms. The zero-order valence-electron chi connectivity index (χ0n) is 19.1. The summed E-state index contributed by atoms with van der Waals surface area (Å²) in [5.41, 5.74) is 11.1. The monoisotopic (exact) mass is 473 g/mol. The summed E-state index contributed by atoms with van der Waals surface area (Å²) in [6.07, 6.45) is 12.0. The minimum atomic E-state index is -0.485. The van der Waals surface area contributed by atoms with Gasteiger partial charge in [0.05, 0.1) is 17.7 Å². The number of aromatic nitrogens is 7. The summed E-state index contributed by atoms with van der Waals surface area (Å²) in [5.74, 6) is 0.844. The van der Waals surface area contributed by atoms with Crippen molar-refractivity contribution in [3.05, 3.63) is 102 Å². The fraction of sp³-hybridized carbons (Fsp3) is 0.0769. The molecule has 0 fully saturated rings. The Morgan fingerprint density at radius 1 is 0.972 bits per heavy atom. The number of aryl methyl sites for hydroxylation is 1. The lowest BCUT2D eigenvalue weighted by atomic mass is 9.83. The first kappa shape index (κ1) is 21.2. The number of fused-ring (bicyclic) bond motifs is 1. The molecule has 0 bridgehead atoms. The van der Waals surface area contributed by atoms with Crippen molar-refractivity contribution in [2.45, 2.75) is 5.92 Å². The second-order valence-corrected chi connectivity index (χ2v) is 8.15. The number of hydrogen-bond acceptors (Lipinski definition) is 8. The van der Waals surface area contributed by atoms with E-state index in [1.54, 1.807) is 48.9 Å². The molecular weight excluding hydrogens is 454 g/mol. The van der Waals surface area contributed by atoms with Gasteiger partial charge in [-0.3, -0.25) is 19.5 Å². The van der Waals surface area contributed by atoms with Gasteiger partial charge in [0, 0.05) is 55.5 Å². The van der Waals surface area contributed by atoms with Gasteiger partial charge in [-0.25, -0.2) is 9.67 Å². The Bertz CT molecular complexity index is 1630. The maximum Gasteiger partial charge on any atom is 0.224 e. The normalized spacial score (nSPS) is 14.7. The summed E-state index contributed by atoms with van der Waals surface area (Å²) < 4.78 is 9.44. The van der Waals surface area contributed by atoms with E-state index in [9.17, 15) is 5.26 Å². The minimum Gasteiger partial charge on any atom is -0.422 e. The standard InChI is InChI=1S/C26H19N9O/c1-34-26-22(23(33-34)20-15-30-10-11-31-20)21(19(14-27)24(28)36-26)16-2-4-18(5-3-16)35-13-12-32-25(35)17-6-8-29-9-7-17/h2-13,15,21H,28H2,1H3. The lowest BCUT2D eigenvalue weighted by Gasteiger charge is -2.25. The van der Waals surface area contributed by atoms with Crippen LogP contribution in [-0.2, 0) is 7.05 Å². The lowest BCUT2D eigenvalue weighted by molar-refractivity contribution is 0.358. The number of nitrogens with two attached hydrogens (primary N) is 1. The Hall–Kier alpha value is -5.30. The first-order valence-electron chi connectivity index (χ1n) is 11.1. The second kappa shape index (κ2) is 8.48. The molecule has 1 unspecified atom stereocenters. The Labute approximate surface area is 206 Å². The van der Waals surface area contributed by atoms with Crippen LogP contribution >= 0.6 is 0 Å². The zero-order chi connectivity index (χ0) is 24.6. The number of ether oxygens (including phenoxy) is 1. The maximum atomic E-state index is 10.0. The molecule has 0 amide bonds. The molecular formula is C26H19N9O. The number of pyridine rings is 1. The quantitative estimate of drug-likeness (QED) is 0.420. The molecule has 0 spiro atoms. The van der Waals surface area contributed by atoms with E-state index in [4.69, 9.17) is 10.5 Å². The van der Waals surface area contributed by atoms with Crippen molar-refractivity contribution in [2.24, 2.45) is 12.8 Å². The van der Waals surface area contributed by atoms with E-state index < -0.39 is 5.92 Å². The van der Waals surface area contributed by atoms with E-state index in [-0.39, 0.29) is 5.88 Å². The highest BCUT2D eigenvalue weighted by Gasteiger charge is 2.37. The van der Waals surface area contributed by atoms with Crippen molar-refractivity contribution in [1.29, 1.82) is 5.26 Å². The molecule has 36 heavy (non-hydrogen) atoms. The van der Waals surface area contributed by atoms with Crippen LogP contribution in [0.3, 0.4) is 0 Å². The smallest absolute Gasteiger partial charge is 0.224 e. The second-order valence-electron chi connectivity index (χ2n) is 8.15. The van der Waals surface area contributed by atoms with Gasteiger partial charge in [-0.15, -0.1) is 0 Å².